The molecule has 1 aromatic rings. The summed E-state index contributed by atoms with van der Waals surface area (Å²) < 4.78 is 17.9. The van der Waals surface area contributed by atoms with Crippen molar-refractivity contribution < 1.29 is 18.7 Å². The number of rotatable bonds is 5. The summed E-state index contributed by atoms with van der Waals surface area (Å²) in [6, 6.07) is 3.64. The maximum Gasteiger partial charge on any atom is 0.337 e. The van der Waals surface area contributed by atoms with E-state index in [1.165, 1.54) is 19.2 Å². The Labute approximate surface area is 104 Å². The smallest absolute Gasteiger partial charge is 0.337 e. The molecule has 1 amide bonds. The molecule has 0 aromatic heterocycles. The van der Waals surface area contributed by atoms with Crippen LogP contribution in [0.15, 0.2) is 18.2 Å². The van der Waals surface area contributed by atoms with Crippen LogP contribution < -0.4 is 10.6 Å². The van der Waals surface area contributed by atoms with Crippen LogP contribution in [-0.4, -0.2) is 32.1 Å². The van der Waals surface area contributed by atoms with Gasteiger partial charge >= 0.3 is 5.97 Å². The first kappa shape index (κ1) is 14.1. The Morgan fingerprint density at radius 3 is 2.72 bits per heavy atom. The van der Waals surface area contributed by atoms with Gasteiger partial charge in [0.1, 0.15) is 5.82 Å². The van der Waals surface area contributed by atoms with Crippen molar-refractivity contribution in [3.8, 4) is 0 Å². The third-order valence-corrected chi connectivity index (χ3v) is 2.20. The second-order valence-electron chi connectivity index (χ2n) is 3.51. The van der Waals surface area contributed by atoms with Gasteiger partial charge in [-0.2, -0.15) is 0 Å². The number of halogens is 1. The molecule has 0 bridgehead atoms. The van der Waals surface area contributed by atoms with Crippen molar-refractivity contribution in [3.05, 3.63) is 29.6 Å². The lowest BCUT2D eigenvalue weighted by molar-refractivity contribution is -0.115. The first-order valence-electron chi connectivity index (χ1n) is 5.47. The van der Waals surface area contributed by atoms with E-state index in [-0.39, 0.29) is 23.7 Å². The van der Waals surface area contributed by atoms with Crippen LogP contribution in [0.25, 0.3) is 0 Å². The minimum absolute atomic E-state index is 0.0409. The molecule has 0 saturated heterocycles. The summed E-state index contributed by atoms with van der Waals surface area (Å²) in [6.07, 6.45) is 0. The van der Waals surface area contributed by atoms with Crippen LogP contribution in [0.2, 0.25) is 0 Å². The Balaban J connectivity index is 2.81. The van der Waals surface area contributed by atoms with E-state index in [4.69, 9.17) is 0 Å². The van der Waals surface area contributed by atoms with E-state index in [1.54, 1.807) is 0 Å². The van der Waals surface area contributed by atoms with Crippen LogP contribution in [0.3, 0.4) is 0 Å². The van der Waals surface area contributed by atoms with Gasteiger partial charge in [-0.3, -0.25) is 4.79 Å². The topological polar surface area (TPSA) is 67.4 Å². The van der Waals surface area contributed by atoms with Gasteiger partial charge in [0.2, 0.25) is 5.91 Å². The molecular formula is C12H15FN2O3. The van der Waals surface area contributed by atoms with Crippen LogP contribution in [-0.2, 0) is 9.53 Å². The number of esters is 1. The normalized spacial score (nSPS) is 9.94. The lowest BCUT2D eigenvalue weighted by Gasteiger charge is -2.08. The SMILES string of the molecule is CCNCC(=O)Nc1cc(C(=O)OC)ccc1F. The zero-order valence-corrected chi connectivity index (χ0v) is 10.2. The summed E-state index contributed by atoms with van der Waals surface area (Å²) >= 11 is 0. The molecule has 5 nitrogen and oxygen atoms in total. The van der Waals surface area contributed by atoms with E-state index >= 15 is 0 Å². The fourth-order valence-electron chi connectivity index (χ4n) is 1.30. The maximum absolute atomic E-state index is 13.4. The van der Waals surface area contributed by atoms with Gasteiger partial charge in [-0.05, 0) is 24.7 Å². The molecule has 98 valence electrons. The van der Waals surface area contributed by atoms with Crippen molar-refractivity contribution in [2.45, 2.75) is 6.92 Å². The molecule has 0 unspecified atom stereocenters. The Hall–Kier alpha value is -1.95. The zero-order valence-electron chi connectivity index (χ0n) is 10.2. The predicted octanol–water partition coefficient (Wildman–Crippen LogP) is 1.16. The van der Waals surface area contributed by atoms with Gasteiger partial charge in [0, 0.05) is 0 Å². The summed E-state index contributed by atoms with van der Waals surface area (Å²) in [5, 5.41) is 5.19. The third-order valence-electron chi connectivity index (χ3n) is 2.20. The number of carbonyl (C=O) groups excluding carboxylic acids is 2. The highest BCUT2D eigenvalue weighted by atomic mass is 19.1. The molecule has 0 aliphatic heterocycles. The highest BCUT2D eigenvalue weighted by Gasteiger charge is 2.11. The summed E-state index contributed by atoms with van der Waals surface area (Å²) in [5.74, 6) is -1.57. The minimum atomic E-state index is -0.604. The number of anilines is 1. The van der Waals surface area contributed by atoms with E-state index < -0.39 is 11.8 Å². The predicted molar refractivity (Wildman–Crippen MR) is 64.9 cm³/mol. The average Bonchev–Trinajstić information content (AvgIpc) is 2.38. The van der Waals surface area contributed by atoms with Gasteiger partial charge in [0.05, 0.1) is 24.9 Å². The number of amides is 1. The minimum Gasteiger partial charge on any atom is -0.465 e. The standard InChI is InChI=1S/C12H15FN2O3/c1-3-14-7-11(16)15-10-6-8(12(17)18-2)4-5-9(10)13/h4-6,14H,3,7H2,1-2H3,(H,15,16). The number of carbonyl (C=O) groups is 2. The molecular weight excluding hydrogens is 239 g/mol. The lowest BCUT2D eigenvalue weighted by Crippen LogP contribution is -2.28. The largest absolute Gasteiger partial charge is 0.465 e. The third kappa shape index (κ3) is 3.81. The van der Waals surface area contributed by atoms with Crippen molar-refractivity contribution in [1.29, 1.82) is 0 Å². The van der Waals surface area contributed by atoms with E-state index in [1.807, 2.05) is 6.92 Å². The molecule has 0 fully saturated rings. The molecule has 0 heterocycles. The van der Waals surface area contributed by atoms with Crippen molar-refractivity contribution in [2.75, 3.05) is 25.5 Å². The Morgan fingerprint density at radius 1 is 1.39 bits per heavy atom. The van der Waals surface area contributed by atoms with E-state index in [0.717, 1.165) is 6.07 Å². The fourth-order valence-corrected chi connectivity index (χ4v) is 1.30. The quantitative estimate of drug-likeness (QED) is 0.774. The summed E-state index contributed by atoms with van der Waals surface area (Å²) in [4.78, 5) is 22.7. The molecule has 1 rings (SSSR count). The molecule has 18 heavy (non-hydrogen) atoms. The number of methoxy groups -OCH3 is 1. The number of ether oxygens (including phenoxy) is 1. The number of likely N-dealkylation sites (N-methyl/N-ethyl adjacent to an activating group) is 1. The van der Waals surface area contributed by atoms with Crippen molar-refractivity contribution in [2.24, 2.45) is 0 Å². The molecule has 2 N–H and O–H groups in total. The molecule has 0 spiro atoms. The van der Waals surface area contributed by atoms with E-state index in [9.17, 15) is 14.0 Å². The first-order chi connectivity index (χ1) is 8.58. The molecule has 0 aliphatic rings. The molecule has 0 aliphatic carbocycles. The Bertz CT molecular complexity index is 449. The van der Waals surface area contributed by atoms with Gasteiger partial charge < -0.3 is 15.4 Å². The van der Waals surface area contributed by atoms with Gasteiger partial charge in [-0.25, -0.2) is 9.18 Å². The monoisotopic (exact) mass is 254 g/mol. The lowest BCUT2D eigenvalue weighted by atomic mass is 10.2. The van der Waals surface area contributed by atoms with Crippen molar-refractivity contribution in [1.82, 2.24) is 5.32 Å². The Kier molecular flexibility index (Phi) is 5.26. The van der Waals surface area contributed by atoms with Crippen LogP contribution in [0.5, 0.6) is 0 Å². The summed E-state index contributed by atoms with van der Waals surface area (Å²) in [7, 11) is 1.23. The van der Waals surface area contributed by atoms with Gasteiger partial charge in [0.25, 0.3) is 0 Å². The number of nitrogens with one attached hydrogen (secondary N) is 2. The second-order valence-corrected chi connectivity index (χ2v) is 3.51. The van der Waals surface area contributed by atoms with Crippen molar-refractivity contribution >= 4 is 17.6 Å². The highest BCUT2D eigenvalue weighted by Crippen LogP contribution is 2.16. The molecule has 0 saturated carbocycles. The summed E-state index contributed by atoms with van der Waals surface area (Å²) in [5.41, 5.74) is 0.137. The van der Waals surface area contributed by atoms with Gasteiger partial charge in [-0.1, -0.05) is 6.92 Å². The van der Waals surface area contributed by atoms with Crippen LogP contribution >= 0.6 is 0 Å². The zero-order chi connectivity index (χ0) is 13.5. The van der Waals surface area contributed by atoms with E-state index in [0.29, 0.717) is 6.54 Å². The number of hydrogen-bond acceptors (Lipinski definition) is 4. The van der Waals surface area contributed by atoms with Crippen LogP contribution in [0.4, 0.5) is 10.1 Å². The van der Waals surface area contributed by atoms with Crippen LogP contribution in [0.1, 0.15) is 17.3 Å². The molecule has 1 aromatic carbocycles. The van der Waals surface area contributed by atoms with Crippen LogP contribution in [0, 0.1) is 5.82 Å². The summed E-state index contributed by atoms with van der Waals surface area (Å²) in [6.45, 7) is 2.57. The highest BCUT2D eigenvalue weighted by molar-refractivity contribution is 5.95. The van der Waals surface area contributed by atoms with Gasteiger partial charge in [-0.15, -0.1) is 0 Å². The first-order valence-corrected chi connectivity index (χ1v) is 5.47. The van der Waals surface area contributed by atoms with E-state index in [2.05, 4.69) is 15.4 Å². The molecule has 0 radical (unpaired) electrons. The fraction of sp³-hybridized carbons (Fsp3) is 0.333. The molecule has 0 atom stereocenters. The average molecular weight is 254 g/mol. The van der Waals surface area contributed by atoms with Crippen molar-refractivity contribution in [3.63, 3.8) is 0 Å². The second kappa shape index (κ2) is 6.70. The maximum atomic E-state index is 13.4. The molecule has 6 heteroatoms. The number of hydrogen-bond donors (Lipinski definition) is 2. The van der Waals surface area contributed by atoms with Gasteiger partial charge in [0.15, 0.2) is 0 Å². The number of benzene rings is 1. The Morgan fingerprint density at radius 2 is 2.11 bits per heavy atom.